The van der Waals surface area contributed by atoms with Gasteiger partial charge in [-0.2, -0.15) is 25.8 Å². The molecule has 3 heterocycles. The largest absolute Gasteiger partial charge is 0.482 e. The van der Waals surface area contributed by atoms with Crippen LogP contribution in [0, 0.1) is 28.2 Å². The summed E-state index contributed by atoms with van der Waals surface area (Å²) in [4.78, 5) is 6.52. The van der Waals surface area contributed by atoms with Crippen LogP contribution in [0.1, 0.15) is 37.8 Å². The van der Waals surface area contributed by atoms with Gasteiger partial charge in [-0.05, 0) is 32.8 Å². The van der Waals surface area contributed by atoms with Gasteiger partial charge < -0.3 is 26.3 Å². The van der Waals surface area contributed by atoms with E-state index in [2.05, 4.69) is 33.0 Å². The molecular formula is C22H27N11O. The molecule has 0 saturated carbocycles. The summed E-state index contributed by atoms with van der Waals surface area (Å²) in [7, 11) is 1.63. The van der Waals surface area contributed by atoms with E-state index < -0.39 is 6.10 Å². The van der Waals surface area contributed by atoms with Crippen molar-refractivity contribution in [1.82, 2.24) is 19.9 Å². The Kier molecular flexibility index (Phi) is 7.77. The number of rotatable bonds is 8. The first-order valence-corrected chi connectivity index (χ1v) is 10.8. The Morgan fingerprint density at radius 1 is 1.41 bits per heavy atom. The van der Waals surface area contributed by atoms with Crippen molar-refractivity contribution in [3.8, 4) is 18.0 Å². The minimum absolute atomic E-state index is 0.0728. The van der Waals surface area contributed by atoms with E-state index in [1.165, 1.54) is 6.20 Å². The van der Waals surface area contributed by atoms with Crippen LogP contribution >= 0.6 is 0 Å². The number of pyridine rings is 1. The SMILES string of the molecule is CN/N=C(\C=N)C(C)Oc1cc(/C(=N/N)C(C)=NC2CCN(C#N)CC2)cn2ncc(C#N)c12. The Balaban J connectivity index is 1.99. The second kappa shape index (κ2) is 10.9. The average molecular weight is 462 g/mol. The molecule has 1 atom stereocenters. The number of aromatic nitrogens is 2. The van der Waals surface area contributed by atoms with Crippen LogP contribution < -0.4 is 16.0 Å². The van der Waals surface area contributed by atoms with E-state index in [1.54, 1.807) is 35.6 Å². The molecule has 0 bridgehead atoms. The second-order valence-corrected chi connectivity index (χ2v) is 7.73. The number of nitrogens with one attached hydrogen (secondary N) is 2. The number of hydrazone groups is 2. The lowest BCUT2D eigenvalue weighted by Gasteiger charge is -2.26. The molecular weight excluding hydrogens is 434 g/mol. The summed E-state index contributed by atoms with van der Waals surface area (Å²) in [6.45, 7) is 4.93. The number of nitriles is 2. The highest BCUT2D eigenvalue weighted by molar-refractivity contribution is 6.47. The lowest BCUT2D eigenvalue weighted by molar-refractivity contribution is 0.290. The van der Waals surface area contributed by atoms with E-state index in [4.69, 9.17) is 26.2 Å². The van der Waals surface area contributed by atoms with E-state index in [0.29, 0.717) is 52.6 Å². The van der Waals surface area contributed by atoms with Gasteiger partial charge in [0.2, 0.25) is 0 Å². The Bertz CT molecular complexity index is 1220. The van der Waals surface area contributed by atoms with Gasteiger partial charge in [0.25, 0.3) is 0 Å². The van der Waals surface area contributed by atoms with E-state index in [-0.39, 0.29) is 6.04 Å². The third-order valence-corrected chi connectivity index (χ3v) is 5.53. The summed E-state index contributed by atoms with van der Waals surface area (Å²) in [6, 6.07) is 3.93. The van der Waals surface area contributed by atoms with Crippen molar-refractivity contribution in [2.45, 2.75) is 38.8 Å². The van der Waals surface area contributed by atoms with Crippen LogP contribution in [0.25, 0.3) is 5.52 Å². The summed E-state index contributed by atoms with van der Waals surface area (Å²) in [5.41, 5.74) is 5.59. The van der Waals surface area contributed by atoms with Crippen molar-refractivity contribution in [1.29, 1.82) is 15.9 Å². The number of fused-ring (bicyclic) bond motifs is 1. The van der Waals surface area contributed by atoms with Gasteiger partial charge in [0.15, 0.2) is 6.19 Å². The summed E-state index contributed by atoms with van der Waals surface area (Å²) in [6.07, 6.45) is 7.42. The van der Waals surface area contributed by atoms with Gasteiger partial charge >= 0.3 is 0 Å². The molecule has 1 aliphatic rings. The molecule has 0 aromatic carbocycles. The Morgan fingerprint density at radius 3 is 2.74 bits per heavy atom. The summed E-state index contributed by atoms with van der Waals surface area (Å²) in [5, 5.41) is 38.5. The van der Waals surface area contributed by atoms with E-state index in [0.717, 1.165) is 19.1 Å². The molecule has 4 N–H and O–H groups in total. The maximum Gasteiger partial charge on any atom is 0.179 e. The summed E-state index contributed by atoms with van der Waals surface area (Å²) >= 11 is 0. The number of ether oxygens (including phenoxy) is 1. The summed E-state index contributed by atoms with van der Waals surface area (Å²) < 4.78 is 7.66. The number of nitrogens with two attached hydrogens (primary N) is 1. The van der Waals surface area contributed by atoms with Crippen LogP contribution in [0.2, 0.25) is 0 Å². The minimum Gasteiger partial charge on any atom is -0.482 e. The minimum atomic E-state index is -0.580. The fourth-order valence-corrected chi connectivity index (χ4v) is 3.81. The van der Waals surface area contributed by atoms with Crippen molar-refractivity contribution < 1.29 is 4.74 Å². The Hall–Kier alpha value is -4.45. The highest BCUT2D eigenvalue weighted by Gasteiger charge is 2.22. The molecule has 1 unspecified atom stereocenters. The van der Waals surface area contributed by atoms with Crippen LogP contribution in [0.15, 0.2) is 33.7 Å². The zero-order valence-corrected chi connectivity index (χ0v) is 19.4. The molecule has 176 valence electrons. The molecule has 0 aliphatic carbocycles. The number of hydrogen-bond acceptors (Lipinski definition) is 11. The fourth-order valence-electron chi connectivity index (χ4n) is 3.81. The predicted molar refractivity (Wildman–Crippen MR) is 129 cm³/mol. The number of piperidine rings is 1. The maximum absolute atomic E-state index is 9.54. The second-order valence-electron chi connectivity index (χ2n) is 7.73. The number of hydrogen-bond donors (Lipinski definition) is 3. The zero-order valence-electron chi connectivity index (χ0n) is 19.4. The maximum atomic E-state index is 9.54. The van der Waals surface area contributed by atoms with Crippen molar-refractivity contribution in [3.63, 3.8) is 0 Å². The van der Waals surface area contributed by atoms with Gasteiger partial charge in [0.05, 0.1) is 18.0 Å². The third kappa shape index (κ3) is 5.13. The monoisotopic (exact) mass is 461 g/mol. The first-order valence-electron chi connectivity index (χ1n) is 10.8. The van der Waals surface area contributed by atoms with E-state index >= 15 is 0 Å². The lowest BCUT2D eigenvalue weighted by Crippen LogP contribution is -2.32. The van der Waals surface area contributed by atoms with E-state index in [1.807, 2.05) is 6.92 Å². The van der Waals surface area contributed by atoms with Crippen LogP contribution in [0.3, 0.4) is 0 Å². The van der Waals surface area contributed by atoms with Crippen molar-refractivity contribution in [3.05, 3.63) is 29.6 Å². The highest BCUT2D eigenvalue weighted by Crippen LogP contribution is 2.27. The van der Waals surface area contributed by atoms with E-state index in [9.17, 15) is 5.26 Å². The fraction of sp³-hybridized carbons (Fsp3) is 0.409. The molecule has 3 rings (SSSR count). The molecule has 1 aliphatic heterocycles. The molecule has 0 spiro atoms. The van der Waals surface area contributed by atoms with Crippen LogP contribution in [-0.2, 0) is 0 Å². The lowest BCUT2D eigenvalue weighted by atomic mass is 10.0. The molecule has 2 aromatic heterocycles. The molecule has 34 heavy (non-hydrogen) atoms. The topological polar surface area (TPSA) is 176 Å². The predicted octanol–water partition coefficient (Wildman–Crippen LogP) is 1.27. The number of likely N-dealkylation sites (tertiary alicyclic amines) is 1. The Morgan fingerprint density at radius 2 is 2.15 bits per heavy atom. The summed E-state index contributed by atoms with van der Waals surface area (Å²) in [5.74, 6) is 6.14. The molecule has 1 fully saturated rings. The quantitative estimate of drug-likeness (QED) is 0.229. The zero-order chi connectivity index (χ0) is 24.7. The Labute approximate surface area is 197 Å². The van der Waals surface area contributed by atoms with Crippen molar-refractivity contribution in [2.75, 3.05) is 20.1 Å². The molecule has 0 radical (unpaired) electrons. The van der Waals surface area contributed by atoms with Crippen molar-refractivity contribution >= 4 is 28.9 Å². The average Bonchev–Trinajstić information content (AvgIpc) is 3.27. The van der Waals surface area contributed by atoms with Gasteiger partial charge in [-0.25, -0.2) is 4.52 Å². The standard InChI is InChI=1S/C22H27N11O/c1-14(29-18-4-6-32(13-25)7-5-18)21(30-26)16-8-20(34-15(2)19(10-24)31-27-3)22-17(9-23)11-28-33(22)12-16/h8,10-12,15,18,24,27H,4-7,26H2,1-3H3/b24-10?,29-14?,30-21+,31-19+. The van der Waals surface area contributed by atoms with Crippen LogP contribution in [-0.4, -0.2) is 70.1 Å². The highest BCUT2D eigenvalue weighted by atomic mass is 16.5. The first-order chi connectivity index (χ1) is 16.4. The first kappa shape index (κ1) is 24.2. The van der Waals surface area contributed by atoms with Crippen LogP contribution in [0.5, 0.6) is 5.75 Å². The van der Waals surface area contributed by atoms with Gasteiger partial charge in [-0.15, -0.1) is 0 Å². The molecule has 12 nitrogen and oxygen atoms in total. The molecule has 2 aromatic rings. The van der Waals surface area contributed by atoms with Crippen LogP contribution in [0.4, 0.5) is 0 Å². The molecule has 12 heteroatoms. The molecule has 1 saturated heterocycles. The molecule has 0 amide bonds. The number of aliphatic imine (C=N–C) groups is 1. The van der Waals surface area contributed by atoms with Gasteiger partial charge in [0.1, 0.15) is 40.4 Å². The van der Waals surface area contributed by atoms with Gasteiger partial charge in [-0.1, -0.05) is 0 Å². The number of nitrogens with zero attached hydrogens (tertiary/aromatic N) is 8. The van der Waals surface area contributed by atoms with Gasteiger partial charge in [-0.3, -0.25) is 4.99 Å². The van der Waals surface area contributed by atoms with Gasteiger partial charge in [0, 0.05) is 38.1 Å². The third-order valence-electron chi connectivity index (χ3n) is 5.53. The van der Waals surface area contributed by atoms with Crippen molar-refractivity contribution in [2.24, 2.45) is 21.0 Å². The normalized spacial score (nSPS) is 16.6. The smallest absolute Gasteiger partial charge is 0.179 e.